The van der Waals surface area contributed by atoms with Gasteiger partial charge in [0.25, 0.3) is 0 Å². The fourth-order valence-electron chi connectivity index (χ4n) is 3.09. The van der Waals surface area contributed by atoms with Crippen molar-refractivity contribution in [3.8, 4) is 22.6 Å². The Morgan fingerprint density at radius 3 is 2.50 bits per heavy atom. The number of hydrogen-bond acceptors (Lipinski definition) is 3. The number of nitrogens with one attached hydrogen (secondary N) is 1. The van der Waals surface area contributed by atoms with Crippen molar-refractivity contribution in [1.82, 2.24) is 9.97 Å². The smallest absolute Gasteiger partial charge is 0.357 e. The van der Waals surface area contributed by atoms with Crippen LogP contribution < -0.4 is 0 Å². The number of H-pyrrole nitrogens is 1. The predicted octanol–water partition coefficient (Wildman–Crippen LogP) is 5.07. The Morgan fingerprint density at radius 1 is 0.962 bits per heavy atom. The molecule has 0 unspecified atom stereocenters. The zero-order valence-corrected chi connectivity index (χ0v) is 14.4. The highest BCUT2D eigenvalue weighted by Crippen LogP contribution is 2.30. The molecule has 0 aliphatic carbocycles. The van der Waals surface area contributed by atoms with Crippen LogP contribution in [0, 0.1) is 0 Å². The lowest BCUT2D eigenvalue weighted by molar-refractivity contribution is 0.0521. The minimum Gasteiger partial charge on any atom is -0.461 e. The van der Waals surface area contributed by atoms with Gasteiger partial charge in [-0.25, -0.2) is 9.78 Å². The summed E-state index contributed by atoms with van der Waals surface area (Å²) in [4.78, 5) is 20.4. The van der Waals surface area contributed by atoms with Crippen LogP contribution in [0.25, 0.3) is 33.4 Å². The van der Waals surface area contributed by atoms with Crippen molar-refractivity contribution < 1.29 is 9.53 Å². The monoisotopic (exact) mass is 342 g/mol. The Labute approximate surface area is 151 Å². The second-order valence-corrected chi connectivity index (χ2v) is 5.92. The number of aromatic amines is 1. The van der Waals surface area contributed by atoms with Crippen LogP contribution in [0.5, 0.6) is 0 Å². The minimum absolute atomic E-state index is 0.315. The van der Waals surface area contributed by atoms with E-state index in [9.17, 15) is 4.79 Å². The van der Waals surface area contributed by atoms with Crippen LogP contribution in [0.15, 0.2) is 72.8 Å². The van der Waals surface area contributed by atoms with Gasteiger partial charge >= 0.3 is 5.97 Å². The lowest BCUT2D eigenvalue weighted by Crippen LogP contribution is -2.06. The number of imidazole rings is 1. The molecule has 4 nitrogen and oxygen atoms in total. The van der Waals surface area contributed by atoms with Gasteiger partial charge in [0.15, 0.2) is 5.69 Å². The molecule has 26 heavy (non-hydrogen) atoms. The molecule has 4 rings (SSSR count). The topological polar surface area (TPSA) is 55.0 Å². The van der Waals surface area contributed by atoms with E-state index in [2.05, 4.69) is 23.2 Å². The molecule has 1 N–H and O–H groups in total. The summed E-state index contributed by atoms with van der Waals surface area (Å²) in [5.41, 5.74) is 2.81. The number of benzene rings is 3. The van der Waals surface area contributed by atoms with E-state index in [-0.39, 0.29) is 0 Å². The molecule has 1 aromatic heterocycles. The first kappa shape index (κ1) is 16.1. The minimum atomic E-state index is -0.398. The standard InChI is InChI=1S/C22H18N2O2/c1-2-26-22(25)20-19(16-10-4-3-5-11-16)23-21(24-20)18-14-8-12-15-9-6-7-13-17(15)18/h3-14H,2H2,1H3,(H,23,24). The average molecular weight is 342 g/mol. The van der Waals surface area contributed by atoms with Crippen LogP contribution in [-0.2, 0) is 4.74 Å². The molecule has 0 atom stereocenters. The number of nitrogens with zero attached hydrogens (tertiary/aromatic N) is 1. The lowest BCUT2D eigenvalue weighted by atomic mass is 10.0. The van der Waals surface area contributed by atoms with Crippen molar-refractivity contribution in [3.05, 3.63) is 78.5 Å². The highest BCUT2D eigenvalue weighted by molar-refractivity contribution is 5.99. The molecular weight excluding hydrogens is 324 g/mol. The van der Waals surface area contributed by atoms with Gasteiger partial charge in [-0.15, -0.1) is 0 Å². The van der Waals surface area contributed by atoms with Crippen molar-refractivity contribution in [2.45, 2.75) is 6.92 Å². The van der Waals surface area contributed by atoms with Gasteiger partial charge in [0.1, 0.15) is 11.5 Å². The fourth-order valence-corrected chi connectivity index (χ4v) is 3.09. The summed E-state index contributed by atoms with van der Waals surface area (Å²) in [7, 11) is 0. The molecule has 0 fully saturated rings. The van der Waals surface area contributed by atoms with Crippen LogP contribution in [0.1, 0.15) is 17.4 Å². The normalized spacial score (nSPS) is 10.8. The van der Waals surface area contributed by atoms with E-state index in [0.717, 1.165) is 21.9 Å². The van der Waals surface area contributed by atoms with Crippen molar-refractivity contribution in [2.75, 3.05) is 6.61 Å². The van der Waals surface area contributed by atoms with Gasteiger partial charge < -0.3 is 9.72 Å². The molecule has 0 radical (unpaired) electrons. The summed E-state index contributed by atoms with van der Waals surface area (Å²) >= 11 is 0. The first-order chi connectivity index (χ1) is 12.8. The molecule has 4 heteroatoms. The molecule has 1 heterocycles. The molecule has 0 aliphatic heterocycles. The number of rotatable bonds is 4. The molecule has 0 amide bonds. The first-order valence-corrected chi connectivity index (χ1v) is 8.58. The van der Waals surface area contributed by atoms with Crippen molar-refractivity contribution in [2.24, 2.45) is 0 Å². The Hall–Kier alpha value is -3.40. The summed E-state index contributed by atoms with van der Waals surface area (Å²) in [6.45, 7) is 2.11. The Kier molecular flexibility index (Phi) is 4.23. The lowest BCUT2D eigenvalue weighted by Gasteiger charge is -2.03. The van der Waals surface area contributed by atoms with Gasteiger partial charge in [-0.2, -0.15) is 0 Å². The highest BCUT2D eigenvalue weighted by atomic mass is 16.5. The number of aromatic nitrogens is 2. The number of hydrogen-bond donors (Lipinski definition) is 1. The van der Waals surface area contributed by atoms with Gasteiger partial charge in [-0.3, -0.25) is 0 Å². The van der Waals surface area contributed by atoms with Gasteiger partial charge in [-0.05, 0) is 17.7 Å². The van der Waals surface area contributed by atoms with E-state index in [0.29, 0.717) is 23.8 Å². The Bertz CT molecular complexity index is 1060. The van der Waals surface area contributed by atoms with Crippen LogP contribution in [-0.4, -0.2) is 22.5 Å². The largest absolute Gasteiger partial charge is 0.461 e. The van der Waals surface area contributed by atoms with Crippen molar-refractivity contribution >= 4 is 16.7 Å². The second kappa shape index (κ2) is 6.84. The van der Waals surface area contributed by atoms with Gasteiger partial charge in [0.05, 0.1) is 6.61 Å². The van der Waals surface area contributed by atoms with Crippen LogP contribution >= 0.6 is 0 Å². The fraction of sp³-hybridized carbons (Fsp3) is 0.0909. The maximum atomic E-state index is 12.5. The van der Waals surface area contributed by atoms with E-state index in [4.69, 9.17) is 9.72 Å². The number of carbonyl (C=O) groups excluding carboxylic acids is 1. The van der Waals surface area contributed by atoms with Gasteiger partial charge in [0, 0.05) is 11.1 Å². The third-order valence-electron chi connectivity index (χ3n) is 4.28. The zero-order valence-electron chi connectivity index (χ0n) is 14.4. The van der Waals surface area contributed by atoms with E-state index in [1.165, 1.54) is 0 Å². The van der Waals surface area contributed by atoms with Crippen LogP contribution in [0.3, 0.4) is 0 Å². The summed E-state index contributed by atoms with van der Waals surface area (Å²) in [5, 5.41) is 2.21. The van der Waals surface area contributed by atoms with E-state index < -0.39 is 5.97 Å². The SMILES string of the molecule is CCOC(=O)c1[nH]c(-c2cccc3ccccc23)nc1-c1ccccc1. The van der Waals surface area contributed by atoms with Gasteiger partial charge in [-0.1, -0.05) is 72.8 Å². The van der Waals surface area contributed by atoms with Crippen molar-refractivity contribution in [3.63, 3.8) is 0 Å². The maximum absolute atomic E-state index is 12.5. The molecule has 128 valence electrons. The summed E-state index contributed by atoms with van der Waals surface area (Å²) < 4.78 is 5.22. The molecular formula is C22H18N2O2. The summed E-state index contributed by atoms with van der Waals surface area (Å²) in [6, 6.07) is 23.8. The quantitative estimate of drug-likeness (QED) is 0.527. The molecule has 0 saturated carbocycles. The molecule has 0 saturated heterocycles. The Morgan fingerprint density at radius 2 is 1.69 bits per heavy atom. The summed E-state index contributed by atoms with van der Waals surface area (Å²) in [5.74, 6) is 0.258. The maximum Gasteiger partial charge on any atom is 0.357 e. The van der Waals surface area contributed by atoms with E-state index in [1.807, 2.05) is 54.6 Å². The number of carbonyl (C=O) groups is 1. The average Bonchev–Trinajstić information content (AvgIpc) is 3.14. The predicted molar refractivity (Wildman–Crippen MR) is 103 cm³/mol. The molecule has 3 aromatic carbocycles. The number of esters is 1. The molecule has 0 aliphatic rings. The summed E-state index contributed by atoms with van der Waals surface area (Å²) in [6.07, 6.45) is 0. The third kappa shape index (κ3) is 2.86. The zero-order chi connectivity index (χ0) is 17.9. The number of ether oxygens (including phenoxy) is 1. The second-order valence-electron chi connectivity index (χ2n) is 5.92. The van der Waals surface area contributed by atoms with E-state index >= 15 is 0 Å². The third-order valence-corrected chi connectivity index (χ3v) is 4.28. The molecule has 0 bridgehead atoms. The highest BCUT2D eigenvalue weighted by Gasteiger charge is 2.21. The van der Waals surface area contributed by atoms with Gasteiger partial charge in [0.2, 0.25) is 0 Å². The molecule has 0 spiro atoms. The van der Waals surface area contributed by atoms with Crippen LogP contribution in [0.4, 0.5) is 0 Å². The number of fused-ring (bicyclic) bond motifs is 1. The first-order valence-electron chi connectivity index (χ1n) is 8.58. The Balaban J connectivity index is 1.91. The molecule has 4 aromatic rings. The van der Waals surface area contributed by atoms with Crippen molar-refractivity contribution in [1.29, 1.82) is 0 Å². The van der Waals surface area contributed by atoms with E-state index in [1.54, 1.807) is 6.92 Å². The van der Waals surface area contributed by atoms with Crippen LogP contribution in [0.2, 0.25) is 0 Å².